The second-order valence-electron chi connectivity index (χ2n) is 7.20. The topological polar surface area (TPSA) is 65.0 Å². The number of carbonyl (C=O) groups is 1. The Balaban J connectivity index is 2.15. The van der Waals surface area contributed by atoms with Crippen molar-refractivity contribution in [2.45, 2.75) is 78.2 Å². The molecule has 0 radical (unpaired) electrons. The van der Waals surface area contributed by atoms with Crippen molar-refractivity contribution >= 4 is 6.16 Å². The molecule has 5 heteroatoms. The van der Waals surface area contributed by atoms with Crippen LogP contribution in [0.15, 0.2) is 5.18 Å². The molecule has 0 saturated heterocycles. The van der Waals surface area contributed by atoms with Crippen LogP contribution in [0.4, 0.5) is 4.79 Å². The molecule has 0 heterocycles. The highest BCUT2D eigenvalue weighted by atomic mass is 16.7. The summed E-state index contributed by atoms with van der Waals surface area (Å²) in [5.74, 6) is 1.59. The molecule has 3 unspecified atom stereocenters. The summed E-state index contributed by atoms with van der Waals surface area (Å²) in [6, 6.07) is 0. The molecular weight excluding hydrogens is 294 g/mol. The molecule has 0 bridgehead atoms. The summed E-state index contributed by atoms with van der Waals surface area (Å²) in [4.78, 5) is 21.8. The molecule has 0 amide bonds. The summed E-state index contributed by atoms with van der Waals surface area (Å²) < 4.78 is 10.8. The summed E-state index contributed by atoms with van der Waals surface area (Å²) in [6.07, 6.45) is 7.53. The van der Waals surface area contributed by atoms with Crippen LogP contribution in [-0.4, -0.2) is 25.4 Å². The van der Waals surface area contributed by atoms with Gasteiger partial charge in [-0.3, -0.25) is 0 Å². The number of unbranched alkanes of at least 4 members (excludes halogenated alkanes) is 4. The smallest absolute Gasteiger partial charge is 0.434 e. The average molecular weight is 327 g/mol. The third-order valence-corrected chi connectivity index (χ3v) is 4.82. The number of nitrogens with zero attached hydrogens (tertiary/aromatic N) is 1. The molecule has 0 aromatic heterocycles. The first kappa shape index (κ1) is 19.9. The zero-order valence-corrected chi connectivity index (χ0v) is 15.0. The highest BCUT2D eigenvalue weighted by Crippen LogP contribution is 2.35. The molecule has 1 fully saturated rings. The molecule has 0 spiro atoms. The predicted octanol–water partition coefficient (Wildman–Crippen LogP) is 5.32. The van der Waals surface area contributed by atoms with Gasteiger partial charge in [-0.2, -0.15) is 4.91 Å². The maximum Gasteiger partial charge on any atom is 0.508 e. The van der Waals surface area contributed by atoms with Crippen LogP contribution in [-0.2, 0) is 9.47 Å². The van der Waals surface area contributed by atoms with E-state index < -0.39 is 6.16 Å². The minimum absolute atomic E-state index is 0.00194. The van der Waals surface area contributed by atoms with Gasteiger partial charge in [0, 0.05) is 0 Å². The standard InChI is InChI=1S/C18H33NO4/c1-14(2)16-10-9-15(3)13-17(16)23-18(20)22-12-8-6-4-5-7-11-19-21/h14-17H,4-13H2,1-3H3. The third-order valence-electron chi connectivity index (χ3n) is 4.82. The van der Waals surface area contributed by atoms with Crippen molar-refractivity contribution in [3.63, 3.8) is 0 Å². The van der Waals surface area contributed by atoms with Crippen LogP contribution in [0.3, 0.4) is 0 Å². The van der Waals surface area contributed by atoms with E-state index in [2.05, 4.69) is 25.9 Å². The summed E-state index contributed by atoms with van der Waals surface area (Å²) in [5, 5.41) is 2.84. The van der Waals surface area contributed by atoms with Gasteiger partial charge in [0.1, 0.15) is 6.10 Å². The summed E-state index contributed by atoms with van der Waals surface area (Å²) >= 11 is 0. The fraction of sp³-hybridized carbons (Fsp3) is 0.944. The van der Waals surface area contributed by atoms with Crippen LogP contribution >= 0.6 is 0 Å². The number of ether oxygens (including phenoxy) is 2. The van der Waals surface area contributed by atoms with Crippen molar-refractivity contribution in [3.8, 4) is 0 Å². The Morgan fingerprint density at radius 3 is 2.52 bits per heavy atom. The molecule has 23 heavy (non-hydrogen) atoms. The van der Waals surface area contributed by atoms with Gasteiger partial charge in [-0.05, 0) is 43.4 Å². The number of carbonyl (C=O) groups excluding carboxylic acids is 1. The van der Waals surface area contributed by atoms with Crippen LogP contribution in [0.1, 0.15) is 72.1 Å². The van der Waals surface area contributed by atoms with Gasteiger partial charge in [0.25, 0.3) is 0 Å². The minimum atomic E-state index is -0.514. The maximum absolute atomic E-state index is 11.9. The Labute approximate surface area is 140 Å². The van der Waals surface area contributed by atoms with Crippen LogP contribution in [0.5, 0.6) is 0 Å². The highest BCUT2D eigenvalue weighted by molar-refractivity contribution is 5.60. The molecule has 3 atom stereocenters. The molecule has 1 aliphatic carbocycles. The van der Waals surface area contributed by atoms with Crippen LogP contribution < -0.4 is 0 Å². The Hall–Kier alpha value is -1.13. The molecule has 134 valence electrons. The van der Waals surface area contributed by atoms with Crippen molar-refractivity contribution in [3.05, 3.63) is 4.91 Å². The van der Waals surface area contributed by atoms with Crippen molar-refractivity contribution in [1.82, 2.24) is 0 Å². The van der Waals surface area contributed by atoms with Crippen LogP contribution in [0.25, 0.3) is 0 Å². The van der Waals surface area contributed by atoms with Crippen molar-refractivity contribution in [2.24, 2.45) is 22.9 Å². The number of hydrogen-bond donors (Lipinski definition) is 0. The van der Waals surface area contributed by atoms with Gasteiger partial charge in [-0.1, -0.05) is 51.6 Å². The summed E-state index contributed by atoms with van der Waals surface area (Å²) in [6.45, 7) is 7.43. The van der Waals surface area contributed by atoms with Gasteiger partial charge in [0.05, 0.1) is 13.2 Å². The lowest BCUT2D eigenvalue weighted by molar-refractivity contribution is -0.0321. The number of nitroso groups, excluding NO2 is 1. The highest BCUT2D eigenvalue weighted by Gasteiger charge is 2.33. The second-order valence-corrected chi connectivity index (χ2v) is 7.20. The molecule has 0 N–H and O–H groups in total. The lowest BCUT2D eigenvalue weighted by Crippen LogP contribution is -2.36. The van der Waals surface area contributed by atoms with E-state index >= 15 is 0 Å². The van der Waals surface area contributed by atoms with E-state index in [1.165, 1.54) is 6.42 Å². The first-order valence-electron chi connectivity index (χ1n) is 9.17. The summed E-state index contributed by atoms with van der Waals surface area (Å²) in [5.41, 5.74) is 0. The van der Waals surface area contributed by atoms with Crippen LogP contribution in [0.2, 0.25) is 0 Å². The van der Waals surface area contributed by atoms with E-state index in [4.69, 9.17) is 9.47 Å². The van der Waals surface area contributed by atoms with Crippen molar-refractivity contribution in [1.29, 1.82) is 0 Å². The van der Waals surface area contributed by atoms with E-state index in [0.29, 0.717) is 30.9 Å². The van der Waals surface area contributed by atoms with E-state index in [0.717, 1.165) is 44.9 Å². The Kier molecular flexibility index (Phi) is 9.88. The largest absolute Gasteiger partial charge is 0.508 e. The summed E-state index contributed by atoms with van der Waals surface area (Å²) in [7, 11) is 0. The first-order valence-corrected chi connectivity index (χ1v) is 9.17. The molecule has 5 nitrogen and oxygen atoms in total. The predicted molar refractivity (Wildman–Crippen MR) is 91.3 cm³/mol. The molecule has 1 saturated carbocycles. The second kappa shape index (κ2) is 11.4. The van der Waals surface area contributed by atoms with Gasteiger partial charge >= 0.3 is 6.16 Å². The lowest BCUT2D eigenvalue weighted by Gasteiger charge is -2.36. The van der Waals surface area contributed by atoms with E-state index in [1.54, 1.807) is 0 Å². The SMILES string of the molecule is CC1CCC(C(C)C)C(OC(=O)OCCCCCCCN=O)C1. The quantitative estimate of drug-likeness (QED) is 0.309. The first-order chi connectivity index (χ1) is 11.0. The Morgan fingerprint density at radius 2 is 1.83 bits per heavy atom. The molecule has 0 aliphatic heterocycles. The molecule has 0 aromatic rings. The fourth-order valence-corrected chi connectivity index (χ4v) is 3.37. The fourth-order valence-electron chi connectivity index (χ4n) is 3.37. The van der Waals surface area contributed by atoms with E-state index in [-0.39, 0.29) is 6.10 Å². The van der Waals surface area contributed by atoms with Gasteiger partial charge < -0.3 is 9.47 Å². The van der Waals surface area contributed by atoms with Gasteiger partial charge in [-0.15, -0.1) is 0 Å². The van der Waals surface area contributed by atoms with Crippen LogP contribution in [0, 0.1) is 22.7 Å². The Bertz CT molecular complexity index is 346. The van der Waals surface area contributed by atoms with Crippen molar-refractivity contribution in [2.75, 3.05) is 13.2 Å². The van der Waals surface area contributed by atoms with E-state index in [9.17, 15) is 9.70 Å². The Morgan fingerprint density at radius 1 is 1.13 bits per heavy atom. The maximum atomic E-state index is 11.9. The average Bonchev–Trinajstić information content (AvgIpc) is 2.49. The lowest BCUT2D eigenvalue weighted by atomic mass is 9.75. The third kappa shape index (κ3) is 8.33. The van der Waals surface area contributed by atoms with Gasteiger partial charge in [0.2, 0.25) is 0 Å². The number of hydrogen-bond acceptors (Lipinski definition) is 5. The minimum Gasteiger partial charge on any atom is -0.434 e. The molecule has 0 aromatic carbocycles. The molecular formula is C18H33NO4. The van der Waals surface area contributed by atoms with Gasteiger partial charge in [0.15, 0.2) is 0 Å². The van der Waals surface area contributed by atoms with Gasteiger partial charge in [-0.25, -0.2) is 4.79 Å². The zero-order chi connectivity index (χ0) is 17.1. The zero-order valence-electron chi connectivity index (χ0n) is 15.0. The molecule has 1 aliphatic rings. The van der Waals surface area contributed by atoms with Crippen molar-refractivity contribution < 1.29 is 14.3 Å². The molecule has 1 rings (SSSR count). The number of rotatable bonds is 10. The monoisotopic (exact) mass is 327 g/mol. The van der Waals surface area contributed by atoms with E-state index in [1.807, 2.05) is 0 Å². The normalized spacial score (nSPS) is 24.4.